The van der Waals surface area contributed by atoms with Crippen LogP contribution >= 0.6 is 15.9 Å². The Morgan fingerprint density at radius 2 is 2.11 bits per heavy atom. The predicted molar refractivity (Wildman–Crippen MR) is 73.8 cm³/mol. The minimum atomic E-state index is -0.282. The lowest BCUT2D eigenvalue weighted by atomic mass is 9.98. The Morgan fingerprint density at radius 1 is 1.44 bits per heavy atom. The average molecular weight is 312 g/mol. The number of halogens is 2. The van der Waals surface area contributed by atoms with Crippen molar-refractivity contribution in [2.45, 2.75) is 32.2 Å². The molecule has 96 valence electrons. The first-order valence-electron chi connectivity index (χ1n) is 6.04. The van der Waals surface area contributed by atoms with E-state index < -0.39 is 0 Å². The number of benzene rings is 1. The van der Waals surface area contributed by atoms with Gasteiger partial charge in [-0.25, -0.2) is 9.37 Å². The van der Waals surface area contributed by atoms with Crippen LogP contribution in [0.3, 0.4) is 0 Å². The largest absolute Gasteiger partial charge is 0.369 e. The molecule has 0 unspecified atom stereocenters. The van der Waals surface area contributed by atoms with Crippen LogP contribution in [0.5, 0.6) is 0 Å². The van der Waals surface area contributed by atoms with Gasteiger partial charge >= 0.3 is 0 Å². The third kappa shape index (κ3) is 1.64. The highest BCUT2D eigenvalue weighted by molar-refractivity contribution is 9.10. The number of aromatic nitrogens is 2. The first-order valence-corrected chi connectivity index (χ1v) is 6.84. The smallest absolute Gasteiger partial charge is 0.201 e. The molecule has 1 aromatic heterocycles. The van der Waals surface area contributed by atoms with Crippen molar-refractivity contribution in [3.8, 4) is 0 Å². The molecular weight excluding hydrogens is 297 g/mol. The van der Waals surface area contributed by atoms with Crippen LogP contribution in [-0.2, 0) is 5.54 Å². The Hall–Kier alpha value is -1.10. The minimum absolute atomic E-state index is 0.112. The molecule has 0 radical (unpaired) electrons. The van der Waals surface area contributed by atoms with Gasteiger partial charge in [0, 0.05) is 11.6 Å². The lowest BCUT2D eigenvalue weighted by Crippen LogP contribution is -2.29. The predicted octanol–water partition coefficient (Wildman–Crippen LogP) is 3.67. The monoisotopic (exact) mass is 311 g/mol. The summed E-state index contributed by atoms with van der Waals surface area (Å²) in [6, 6.07) is 3.19. The second-order valence-corrected chi connectivity index (χ2v) is 6.34. The topological polar surface area (TPSA) is 43.8 Å². The Balaban J connectivity index is 2.28. The normalized spacial score (nSPS) is 16.4. The lowest BCUT2D eigenvalue weighted by Gasteiger charge is -2.28. The van der Waals surface area contributed by atoms with E-state index in [-0.39, 0.29) is 11.4 Å². The Bertz CT molecular complexity index is 629. The van der Waals surface area contributed by atoms with Gasteiger partial charge in [-0.15, -0.1) is 0 Å². The molecular formula is C13H15BrFN3. The molecule has 2 N–H and O–H groups in total. The molecule has 3 rings (SSSR count). The number of hydrogen-bond acceptors (Lipinski definition) is 2. The van der Waals surface area contributed by atoms with Gasteiger partial charge in [-0.05, 0) is 54.6 Å². The van der Waals surface area contributed by atoms with E-state index in [1.165, 1.54) is 18.9 Å². The first-order chi connectivity index (χ1) is 8.41. The maximum Gasteiger partial charge on any atom is 0.201 e. The maximum absolute atomic E-state index is 13.7. The lowest BCUT2D eigenvalue weighted by molar-refractivity contribution is 0.318. The summed E-state index contributed by atoms with van der Waals surface area (Å²) in [6.07, 6.45) is 2.40. The molecule has 0 spiro atoms. The van der Waals surface area contributed by atoms with E-state index in [4.69, 9.17) is 5.73 Å². The van der Waals surface area contributed by atoms with E-state index in [0.717, 1.165) is 11.0 Å². The zero-order chi connectivity index (χ0) is 13.1. The molecule has 2 aromatic rings. The van der Waals surface area contributed by atoms with Gasteiger partial charge in [0.2, 0.25) is 5.95 Å². The Labute approximate surface area is 113 Å². The molecule has 1 heterocycles. The highest BCUT2D eigenvalue weighted by Crippen LogP contribution is 2.46. The summed E-state index contributed by atoms with van der Waals surface area (Å²) in [5.74, 6) is 0.776. The van der Waals surface area contributed by atoms with Crippen LogP contribution in [0.4, 0.5) is 10.3 Å². The summed E-state index contributed by atoms with van der Waals surface area (Å²) in [7, 11) is 0. The second kappa shape index (κ2) is 3.70. The van der Waals surface area contributed by atoms with Gasteiger partial charge in [0.1, 0.15) is 5.82 Å². The number of nitrogens with zero attached hydrogens (tertiary/aromatic N) is 2. The third-order valence-electron chi connectivity index (χ3n) is 3.88. The van der Waals surface area contributed by atoms with Crippen molar-refractivity contribution in [2.24, 2.45) is 5.92 Å². The minimum Gasteiger partial charge on any atom is -0.369 e. The van der Waals surface area contributed by atoms with Crippen molar-refractivity contribution in [2.75, 3.05) is 5.73 Å². The van der Waals surface area contributed by atoms with Crippen LogP contribution in [0.15, 0.2) is 16.6 Å². The van der Waals surface area contributed by atoms with Crippen LogP contribution < -0.4 is 5.73 Å². The molecule has 0 aliphatic heterocycles. The van der Waals surface area contributed by atoms with Gasteiger partial charge in [0.25, 0.3) is 0 Å². The second-order valence-electron chi connectivity index (χ2n) is 5.49. The zero-order valence-electron chi connectivity index (χ0n) is 10.4. The quantitative estimate of drug-likeness (QED) is 0.919. The molecule has 18 heavy (non-hydrogen) atoms. The van der Waals surface area contributed by atoms with Crippen LogP contribution in [0, 0.1) is 11.7 Å². The van der Waals surface area contributed by atoms with Crippen LogP contribution in [-0.4, -0.2) is 9.55 Å². The standard InChI is InChI=1S/C13H15BrFN3/c1-13(2,7-3-4-7)18-11-6-9(15)8(14)5-10(11)17-12(18)16/h5-7H,3-4H2,1-2H3,(H2,16,17). The van der Waals surface area contributed by atoms with Crippen molar-refractivity contribution < 1.29 is 4.39 Å². The summed E-state index contributed by atoms with van der Waals surface area (Å²) >= 11 is 3.18. The van der Waals surface area contributed by atoms with Gasteiger partial charge in [0.05, 0.1) is 15.5 Å². The molecule has 3 nitrogen and oxygen atoms in total. The zero-order valence-corrected chi connectivity index (χ0v) is 12.0. The number of anilines is 1. The molecule has 0 amide bonds. The first kappa shape index (κ1) is 12.0. The fraction of sp³-hybridized carbons (Fsp3) is 0.462. The average Bonchev–Trinajstić information content (AvgIpc) is 3.05. The molecule has 1 aromatic carbocycles. The van der Waals surface area contributed by atoms with Gasteiger partial charge in [-0.1, -0.05) is 0 Å². The third-order valence-corrected chi connectivity index (χ3v) is 4.48. The number of hydrogen-bond donors (Lipinski definition) is 1. The maximum atomic E-state index is 13.7. The SMILES string of the molecule is CC(C)(C1CC1)n1c(N)nc2cc(Br)c(F)cc21. The van der Waals surface area contributed by atoms with Crippen molar-refractivity contribution in [1.82, 2.24) is 9.55 Å². The molecule has 0 saturated heterocycles. The Morgan fingerprint density at radius 3 is 2.72 bits per heavy atom. The highest BCUT2D eigenvalue weighted by Gasteiger charge is 2.41. The molecule has 1 fully saturated rings. The van der Waals surface area contributed by atoms with Crippen molar-refractivity contribution >= 4 is 32.9 Å². The van der Waals surface area contributed by atoms with Gasteiger partial charge in [-0.2, -0.15) is 0 Å². The molecule has 0 atom stereocenters. The van der Waals surface area contributed by atoms with Gasteiger partial charge in [-0.3, -0.25) is 0 Å². The van der Waals surface area contributed by atoms with Crippen LogP contribution in [0.2, 0.25) is 0 Å². The van der Waals surface area contributed by atoms with E-state index in [2.05, 4.69) is 34.8 Å². The van der Waals surface area contributed by atoms with Gasteiger partial charge in [0.15, 0.2) is 0 Å². The summed E-state index contributed by atoms with van der Waals surface area (Å²) in [5.41, 5.74) is 7.41. The van der Waals surface area contributed by atoms with E-state index >= 15 is 0 Å². The van der Waals surface area contributed by atoms with Crippen LogP contribution in [0.1, 0.15) is 26.7 Å². The fourth-order valence-electron chi connectivity index (χ4n) is 2.67. The summed E-state index contributed by atoms with van der Waals surface area (Å²) < 4.78 is 16.1. The molecule has 1 aliphatic carbocycles. The summed E-state index contributed by atoms with van der Waals surface area (Å²) in [4.78, 5) is 4.34. The molecule has 1 saturated carbocycles. The highest BCUT2D eigenvalue weighted by atomic mass is 79.9. The summed E-state index contributed by atoms with van der Waals surface area (Å²) in [6.45, 7) is 4.28. The van der Waals surface area contributed by atoms with Gasteiger partial charge < -0.3 is 10.3 Å². The van der Waals surface area contributed by atoms with Crippen molar-refractivity contribution in [1.29, 1.82) is 0 Å². The number of rotatable bonds is 2. The number of fused-ring (bicyclic) bond motifs is 1. The summed E-state index contributed by atoms with van der Waals surface area (Å²) in [5, 5.41) is 0. The number of nitrogens with two attached hydrogens (primary N) is 1. The number of nitrogen functional groups attached to an aromatic ring is 1. The van der Waals surface area contributed by atoms with E-state index in [1.807, 2.05) is 4.57 Å². The number of imidazole rings is 1. The fourth-order valence-corrected chi connectivity index (χ4v) is 3.00. The van der Waals surface area contributed by atoms with E-state index in [0.29, 0.717) is 16.3 Å². The molecule has 5 heteroatoms. The Kier molecular flexibility index (Phi) is 2.46. The van der Waals surface area contributed by atoms with Crippen molar-refractivity contribution in [3.63, 3.8) is 0 Å². The van der Waals surface area contributed by atoms with E-state index in [9.17, 15) is 4.39 Å². The molecule has 0 bridgehead atoms. The molecule has 1 aliphatic rings. The van der Waals surface area contributed by atoms with Crippen LogP contribution in [0.25, 0.3) is 11.0 Å². The van der Waals surface area contributed by atoms with E-state index in [1.54, 1.807) is 6.07 Å². The van der Waals surface area contributed by atoms with Crippen molar-refractivity contribution in [3.05, 3.63) is 22.4 Å².